The van der Waals surface area contributed by atoms with Gasteiger partial charge in [0, 0.05) is 20.3 Å². The molecule has 0 saturated carbocycles. The minimum atomic E-state index is 0.415. The van der Waals surface area contributed by atoms with Crippen molar-refractivity contribution in [3.05, 3.63) is 51.3 Å². The molecule has 1 aromatic heterocycles. The first-order chi connectivity index (χ1) is 9.10. The first-order valence-electron chi connectivity index (χ1n) is 6.31. The molecule has 0 fully saturated rings. The van der Waals surface area contributed by atoms with Crippen molar-refractivity contribution in [3.63, 3.8) is 0 Å². The Hall–Kier alpha value is -0.900. The number of benzene rings is 1. The maximum atomic E-state index is 3.47. The second-order valence-corrected chi connectivity index (χ2v) is 6.64. The molecule has 0 aliphatic carbocycles. The van der Waals surface area contributed by atoms with Gasteiger partial charge >= 0.3 is 0 Å². The summed E-state index contributed by atoms with van der Waals surface area (Å²) in [4.78, 5) is 2.61. The zero-order valence-electron chi connectivity index (χ0n) is 11.4. The molecule has 0 amide bonds. The Morgan fingerprint density at radius 2 is 1.89 bits per heavy atom. The van der Waals surface area contributed by atoms with Crippen LogP contribution in [0.25, 0.3) is 16.5 Å². The first kappa shape index (κ1) is 14.5. The Kier molecular flexibility index (Phi) is 4.97. The Labute approximate surface area is 127 Å². The van der Waals surface area contributed by atoms with Crippen molar-refractivity contribution >= 4 is 33.3 Å². The van der Waals surface area contributed by atoms with Crippen molar-refractivity contribution in [1.29, 1.82) is 0 Å². The van der Waals surface area contributed by atoms with Gasteiger partial charge in [0.25, 0.3) is 0 Å². The van der Waals surface area contributed by atoms with Crippen molar-refractivity contribution in [3.8, 4) is 10.4 Å². The van der Waals surface area contributed by atoms with Gasteiger partial charge in [-0.2, -0.15) is 0 Å². The van der Waals surface area contributed by atoms with E-state index >= 15 is 0 Å². The molecule has 1 heterocycles. The minimum Gasteiger partial charge on any atom is -0.314 e. The van der Waals surface area contributed by atoms with Crippen LogP contribution in [0.5, 0.6) is 0 Å². The zero-order valence-corrected chi connectivity index (χ0v) is 13.8. The topological polar surface area (TPSA) is 12.0 Å². The van der Waals surface area contributed by atoms with Gasteiger partial charge in [0.1, 0.15) is 0 Å². The summed E-state index contributed by atoms with van der Waals surface area (Å²) >= 11 is 5.30. The number of nitrogens with one attached hydrogen (secondary N) is 1. The van der Waals surface area contributed by atoms with E-state index in [2.05, 4.69) is 77.6 Å². The summed E-state index contributed by atoms with van der Waals surface area (Å²) in [6.45, 7) is 4.34. The van der Waals surface area contributed by atoms with Gasteiger partial charge in [-0.3, -0.25) is 0 Å². The molecule has 1 N–H and O–H groups in total. The van der Waals surface area contributed by atoms with E-state index in [1.165, 1.54) is 20.9 Å². The highest BCUT2D eigenvalue weighted by atomic mass is 79.9. The van der Waals surface area contributed by atoms with Crippen molar-refractivity contribution in [1.82, 2.24) is 5.32 Å². The van der Waals surface area contributed by atoms with E-state index in [-0.39, 0.29) is 0 Å². The lowest BCUT2D eigenvalue weighted by molar-refractivity contribution is 0.696. The normalized spacial score (nSPS) is 13.6. The van der Waals surface area contributed by atoms with Crippen molar-refractivity contribution < 1.29 is 0 Å². The van der Waals surface area contributed by atoms with Gasteiger partial charge in [-0.15, -0.1) is 11.3 Å². The molecule has 1 nitrogen and oxygen atoms in total. The number of hydrogen-bond donors (Lipinski definition) is 1. The molecule has 19 heavy (non-hydrogen) atoms. The van der Waals surface area contributed by atoms with Crippen LogP contribution < -0.4 is 5.32 Å². The molecule has 1 aromatic carbocycles. The molecule has 0 spiro atoms. The molecule has 100 valence electrons. The Balaban J connectivity index is 2.22. The summed E-state index contributed by atoms with van der Waals surface area (Å²) in [5, 5.41) is 3.26. The number of likely N-dealkylation sites (N-methyl/N-ethyl adjacent to an activating group) is 1. The fraction of sp³-hybridized carbons (Fsp3) is 0.250. The molecule has 0 aliphatic rings. The molecule has 0 saturated heterocycles. The van der Waals surface area contributed by atoms with Gasteiger partial charge in [-0.25, -0.2) is 0 Å². The van der Waals surface area contributed by atoms with Crippen LogP contribution >= 0.6 is 27.3 Å². The highest BCUT2D eigenvalue weighted by molar-refractivity contribution is 9.10. The number of halogens is 1. The number of hydrogen-bond acceptors (Lipinski definition) is 2. The molecule has 1 atom stereocenters. The van der Waals surface area contributed by atoms with E-state index < -0.39 is 0 Å². The summed E-state index contributed by atoms with van der Waals surface area (Å²) in [6, 6.07) is 13.3. The summed E-state index contributed by atoms with van der Waals surface area (Å²) < 4.78 is 1.12. The maximum Gasteiger partial charge on any atom is 0.0349 e. The smallest absolute Gasteiger partial charge is 0.0349 e. The average molecular weight is 336 g/mol. The van der Waals surface area contributed by atoms with E-state index in [0.717, 1.165) is 4.47 Å². The quantitative estimate of drug-likeness (QED) is 0.810. The summed E-state index contributed by atoms with van der Waals surface area (Å²) in [7, 11) is 1.99. The molecule has 3 heteroatoms. The fourth-order valence-electron chi connectivity index (χ4n) is 1.78. The van der Waals surface area contributed by atoms with Crippen LogP contribution in [0, 0.1) is 0 Å². The molecule has 0 radical (unpaired) electrons. The minimum absolute atomic E-state index is 0.415. The fourth-order valence-corrected chi connectivity index (χ4v) is 3.07. The Morgan fingerprint density at radius 1 is 1.21 bits per heavy atom. The van der Waals surface area contributed by atoms with Crippen LogP contribution in [0.4, 0.5) is 0 Å². The second-order valence-electron chi connectivity index (χ2n) is 4.61. The van der Waals surface area contributed by atoms with Crippen LogP contribution in [0.2, 0.25) is 0 Å². The molecule has 0 aliphatic heterocycles. The van der Waals surface area contributed by atoms with Gasteiger partial charge in [-0.1, -0.05) is 33.6 Å². The Morgan fingerprint density at radius 3 is 2.53 bits per heavy atom. The van der Waals surface area contributed by atoms with Gasteiger partial charge in [0.2, 0.25) is 0 Å². The zero-order chi connectivity index (χ0) is 13.8. The van der Waals surface area contributed by atoms with Gasteiger partial charge in [0.15, 0.2) is 0 Å². The maximum absolute atomic E-state index is 3.47. The van der Waals surface area contributed by atoms with Gasteiger partial charge in [-0.05, 0) is 56.8 Å². The van der Waals surface area contributed by atoms with Crippen LogP contribution in [-0.4, -0.2) is 13.1 Å². The Bertz CT molecular complexity index is 569. The van der Waals surface area contributed by atoms with Crippen molar-refractivity contribution in [2.75, 3.05) is 7.05 Å². The van der Waals surface area contributed by atoms with E-state index in [9.17, 15) is 0 Å². The predicted octanol–water partition coefficient (Wildman–Crippen LogP) is 5.19. The van der Waals surface area contributed by atoms with Crippen LogP contribution in [0.1, 0.15) is 18.7 Å². The molecule has 2 rings (SSSR count). The summed E-state index contributed by atoms with van der Waals surface area (Å²) in [5.74, 6) is 0. The summed E-state index contributed by atoms with van der Waals surface area (Å²) in [6.07, 6.45) is 2.26. The average Bonchev–Trinajstić information content (AvgIpc) is 2.87. The monoisotopic (exact) mass is 335 g/mol. The van der Waals surface area contributed by atoms with Crippen LogP contribution in [-0.2, 0) is 0 Å². The lowest BCUT2D eigenvalue weighted by Crippen LogP contribution is -2.21. The van der Waals surface area contributed by atoms with Crippen molar-refractivity contribution in [2.45, 2.75) is 19.9 Å². The first-order valence-corrected chi connectivity index (χ1v) is 7.92. The number of thiophene rings is 1. The molecule has 0 bridgehead atoms. The largest absolute Gasteiger partial charge is 0.314 e. The van der Waals surface area contributed by atoms with E-state index in [1.807, 2.05) is 18.4 Å². The summed E-state index contributed by atoms with van der Waals surface area (Å²) in [5.41, 5.74) is 2.62. The van der Waals surface area contributed by atoms with Crippen LogP contribution in [0.15, 0.2) is 46.4 Å². The highest BCUT2D eigenvalue weighted by Gasteiger charge is 2.04. The van der Waals surface area contributed by atoms with Gasteiger partial charge in [0.05, 0.1) is 0 Å². The molecular formula is C16H18BrNS. The van der Waals surface area contributed by atoms with Crippen molar-refractivity contribution in [2.24, 2.45) is 0 Å². The molecule has 1 unspecified atom stereocenters. The van der Waals surface area contributed by atoms with Gasteiger partial charge < -0.3 is 5.32 Å². The molecule has 2 aromatic rings. The standard InChI is InChI=1S/C16H18BrNS/c1-11(12(2)18-3)10-15-8-9-16(19-15)13-4-6-14(17)7-5-13/h4-10,12,18H,1-3H3/b11-10+. The lowest BCUT2D eigenvalue weighted by atomic mass is 10.1. The SMILES string of the molecule is CNC(C)/C(C)=C/c1ccc(-c2ccc(Br)cc2)s1. The van der Waals surface area contributed by atoms with Crippen LogP contribution in [0.3, 0.4) is 0 Å². The third kappa shape index (κ3) is 3.78. The predicted molar refractivity (Wildman–Crippen MR) is 89.6 cm³/mol. The number of rotatable bonds is 4. The third-order valence-corrected chi connectivity index (χ3v) is 4.85. The third-order valence-electron chi connectivity index (χ3n) is 3.24. The second kappa shape index (κ2) is 6.51. The lowest BCUT2D eigenvalue weighted by Gasteiger charge is -2.09. The van der Waals surface area contributed by atoms with E-state index in [4.69, 9.17) is 0 Å². The molecular weight excluding hydrogens is 318 g/mol. The highest BCUT2D eigenvalue weighted by Crippen LogP contribution is 2.30. The van der Waals surface area contributed by atoms with E-state index in [1.54, 1.807) is 0 Å². The van der Waals surface area contributed by atoms with E-state index in [0.29, 0.717) is 6.04 Å².